The van der Waals surface area contributed by atoms with E-state index in [9.17, 15) is 0 Å². The molecule has 90 valence electrons. The van der Waals surface area contributed by atoms with Gasteiger partial charge in [-0.25, -0.2) is 9.97 Å². The number of hydrogen-bond acceptors (Lipinski definition) is 3. The molecule has 0 aliphatic heterocycles. The average Bonchev–Trinajstić information content (AvgIpc) is 2.25. The molecule has 1 rings (SSSR count). The number of aromatic nitrogens is 2. The Morgan fingerprint density at radius 1 is 1.25 bits per heavy atom. The van der Waals surface area contributed by atoms with Crippen LogP contribution < -0.4 is 5.32 Å². The summed E-state index contributed by atoms with van der Waals surface area (Å²) in [6.07, 6.45) is 4.26. The number of rotatable bonds is 5. The first-order chi connectivity index (χ1) is 7.58. The zero-order valence-corrected chi connectivity index (χ0v) is 11.0. The SMILES string of the molecule is CCC(CC)NC(C)c1cnc(C)nc1C. The lowest BCUT2D eigenvalue weighted by Crippen LogP contribution is -2.31. The van der Waals surface area contributed by atoms with Gasteiger partial charge in [0.1, 0.15) is 5.82 Å². The molecule has 0 fully saturated rings. The molecule has 1 aromatic heterocycles. The molecule has 3 nitrogen and oxygen atoms in total. The lowest BCUT2D eigenvalue weighted by Gasteiger charge is -2.22. The molecule has 0 aromatic carbocycles. The van der Waals surface area contributed by atoms with Crippen LogP contribution in [0.2, 0.25) is 0 Å². The van der Waals surface area contributed by atoms with Crippen LogP contribution in [0.1, 0.15) is 56.7 Å². The van der Waals surface area contributed by atoms with Crippen LogP contribution >= 0.6 is 0 Å². The van der Waals surface area contributed by atoms with Crippen LogP contribution in [0.25, 0.3) is 0 Å². The molecule has 0 bridgehead atoms. The maximum atomic E-state index is 4.40. The fraction of sp³-hybridized carbons (Fsp3) is 0.692. The van der Waals surface area contributed by atoms with Crippen molar-refractivity contribution in [2.45, 2.75) is 59.5 Å². The second-order valence-corrected chi connectivity index (χ2v) is 4.36. The van der Waals surface area contributed by atoms with Crippen molar-refractivity contribution in [3.63, 3.8) is 0 Å². The molecule has 0 saturated heterocycles. The van der Waals surface area contributed by atoms with Gasteiger partial charge in [0, 0.05) is 29.5 Å². The average molecular weight is 221 g/mol. The van der Waals surface area contributed by atoms with Crippen molar-refractivity contribution in [3.8, 4) is 0 Å². The fourth-order valence-electron chi connectivity index (χ4n) is 1.99. The Morgan fingerprint density at radius 3 is 2.38 bits per heavy atom. The van der Waals surface area contributed by atoms with E-state index in [0.29, 0.717) is 12.1 Å². The lowest BCUT2D eigenvalue weighted by atomic mass is 10.1. The van der Waals surface area contributed by atoms with Gasteiger partial charge < -0.3 is 5.32 Å². The van der Waals surface area contributed by atoms with Crippen molar-refractivity contribution in [2.75, 3.05) is 0 Å². The van der Waals surface area contributed by atoms with Crippen LogP contribution in [0.15, 0.2) is 6.20 Å². The van der Waals surface area contributed by atoms with Crippen LogP contribution in [0.3, 0.4) is 0 Å². The van der Waals surface area contributed by atoms with E-state index in [1.807, 2.05) is 13.1 Å². The van der Waals surface area contributed by atoms with Crippen LogP contribution in [0.4, 0.5) is 0 Å². The Balaban J connectivity index is 2.76. The van der Waals surface area contributed by atoms with Gasteiger partial charge in [0.05, 0.1) is 0 Å². The van der Waals surface area contributed by atoms with Gasteiger partial charge in [0.2, 0.25) is 0 Å². The zero-order chi connectivity index (χ0) is 12.1. The Bertz CT molecular complexity index is 332. The minimum Gasteiger partial charge on any atom is -0.307 e. The first kappa shape index (κ1) is 13.1. The summed E-state index contributed by atoms with van der Waals surface area (Å²) in [6, 6.07) is 0.904. The normalized spacial score (nSPS) is 13.1. The van der Waals surface area contributed by atoms with E-state index in [1.165, 1.54) is 5.56 Å². The molecule has 0 aliphatic carbocycles. The van der Waals surface area contributed by atoms with E-state index in [0.717, 1.165) is 24.4 Å². The predicted molar refractivity (Wildman–Crippen MR) is 67.4 cm³/mol. The largest absolute Gasteiger partial charge is 0.307 e. The second-order valence-electron chi connectivity index (χ2n) is 4.36. The Hall–Kier alpha value is -0.960. The monoisotopic (exact) mass is 221 g/mol. The van der Waals surface area contributed by atoms with Crippen LogP contribution in [-0.4, -0.2) is 16.0 Å². The summed E-state index contributed by atoms with van der Waals surface area (Å²) in [7, 11) is 0. The van der Waals surface area contributed by atoms with Crippen LogP contribution in [-0.2, 0) is 0 Å². The van der Waals surface area contributed by atoms with E-state index >= 15 is 0 Å². The number of aryl methyl sites for hydroxylation is 2. The van der Waals surface area contributed by atoms with Crippen molar-refractivity contribution in [1.82, 2.24) is 15.3 Å². The molecule has 1 N–H and O–H groups in total. The van der Waals surface area contributed by atoms with E-state index in [1.54, 1.807) is 0 Å². The smallest absolute Gasteiger partial charge is 0.125 e. The molecule has 1 unspecified atom stereocenters. The maximum absolute atomic E-state index is 4.40. The quantitative estimate of drug-likeness (QED) is 0.830. The topological polar surface area (TPSA) is 37.8 Å². The summed E-state index contributed by atoms with van der Waals surface area (Å²) >= 11 is 0. The third-order valence-electron chi connectivity index (χ3n) is 3.08. The first-order valence-corrected chi connectivity index (χ1v) is 6.14. The minimum atomic E-state index is 0.325. The van der Waals surface area contributed by atoms with E-state index in [-0.39, 0.29) is 0 Å². The van der Waals surface area contributed by atoms with Crippen LogP contribution in [0.5, 0.6) is 0 Å². The molecule has 0 saturated carbocycles. The van der Waals surface area contributed by atoms with Gasteiger partial charge in [-0.2, -0.15) is 0 Å². The molecule has 0 spiro atoms. The molecular weight excluding hydrogens is 198 g/mol. The highest BCUT2D eigenvalue weighted by Crippen LogP contribution is 2.16. The number of nitrogens with zero attached hydrogens (tertiary/aromatic N) is 2. The van der Waals surface area contributed by atoms with Crippen LogP contribution in [0, 0.1) is 13.8 Å². The van der Waals surface area contributed by atoms with Crippen molar-refractivity contribution in [1.29, 1.82) is 0 Å². The van der Waals surface area contributed by atoms with Gasteiger partial charge in [-0.15, -0.1) is 0 Å². The van der Waals surface area contributed by atoms with Crippen molar-refractivity contribution in [2.24, 2.45) is 0 Å². The highest BCUT2D eigenvalue weighted by molar-refractivity contribution is 5.19. The molecule has 16 heavy (non-hydrogen) atoms. The Morgan fingerprint density at radius 2 is 1.88 bits per heavy atom. The standard InChI is InChI=1S/C13H23N3/c1-6-12(7-2)16-10(4)13-8-14-11(5)15-9(13)3/h8,10,12,16H,6-7H2,1-5H3. The summed E-state index contributed by atoms with van der Waals surface area (Å²) in [4.78, 5) is 8.67. The van der Waals surface area contributed by atoms with Crippen molar-refractivity contribution in [3.05, 3.63) is 23.3 Å². The lowest BCUT2D eigenvalue weighted by molar-refractivity contribution is 0.430. The zero-order valence-electron chi connectivity index (χ0n) is 11.0. The molecule has 1 aromatic rings. The van der Waals surface area contributed by atoms with E-state index in [4.69, 9.17) is 0 Å². The van der Waals surface area contributed by atoms with E-state index in [2.05, 4.69) is 43.0 Å². The number of hydrogen-bond donors (Lipinski definition) is 1. The van der Waals surface area contributed by atoms with Gasteiger partial charge in [-0.1, -0.05) is 13.8 Å². The summed E-state index contributed by atoms with van der Waals surface area (Å²) in [5, 5.41) is 3.61. The number of nitrogens with one attached hydrogen (secondary N) is 1. The first-order valence-electron chi connectivity index (χ1n) is 6.14. The Labute approximate surface area is 98.7 Å². The molecule has 0 radical (unpaired) electrons. The van der Waals surface area contributed by atoms with E-state index < -0.39 is 0 Å². The predicted octanol–water partition coefficient (Wildman–Crippen LogP) is 2.93. The maximum Gasteiger partial charge on any atom is 0.125 e. The molecule has 0 aliphatic rings. The summed E-state index contributed by atoms with van der Waals surface area (Å²) in [6.45, 7) is 10.6. The Kier molecular flexibility index (Phi) is 4.87. The molecule has 1 heterocycles. The molecule has 1 atom stereocenters. The third-order valence-corrected chi connectivity index (χ3v) is 3.08. The van der Waals surface area contributed by atoms with Gasteiger partial charge in [-0.05, 0) is 33.6 Å². The summed E-state index contributed by atoms with van der Waals surface area (Å²) in [5.74, 6) is 0.844. The van der Waals surface area contributed by atoms with Crippen molar-refractivity contribution < 1.29 is 0 Å². The van der Waals surface area contributed by atoms with Gasteiger partial charge in [0.25, 0.3) is 0 Å². The molecular formula is C13H23N3. The second kappa shape index (κ2) is 5.94. The minimum absolute atomic E-state index is 0.325. The summed E-state index contributed by atoms with van der Waals surface area (Å²) in [5.41, 5.74) is 2.29. The molecule has 0 amide bonds. The summed E-state index contributed by atoms with van der Waals surface area (Å²) < 4.78 is 0. The highest BCUT2D eigenvalue weighted by Gasteiger charge is 2.13. The fourth-order valence-corrected chi connectivity index (χ4v) is 1.99. The van der Waals surface area contributed by atoms with Gasteiger partial charge >= 0.3 is 0 Å². The third kappa shape index (κ3) is 3.27. The molecule has 3 heteroatoms. The van der Waals surface area contributed by atoms with Gasteiger partial charge in [-0.3, -0.25) is 0 Å². The highest BCUT2D eigenvalue weighted by atomic mass is 15.0. The van der Waals surface area contributed by atoms with Crippen molar-refractivity contribution >= 4 is 0 Å². The van der Waals surface area contributed by atoms with Gasteiger partial charge in [0.15, 0.2) is 0 Å².